The molecule has 0 amide bonds. The first-order valence-electron chi connectivity index (χ1n) is 7.20. The number of rotatable bonds is 6. The first kappa shape index (κ1) is 14.4. The molecular formula is C18H21NO. The number of aromatic nitrogens is 1. The maximum atomic E-state index is 12.9. The summed E-state index contributed by atoms with van der Waals surface area (Å²) in [5.41, 5.74) is 1.79. The molecule has 0 aliphatic carbocycles. The van der Waals surface area contributed by atoms with Gasteiger partial charge in [0, 0.05) is 18.8 Å². The van der Waals surface area contributed by atoms with Crippen LogP contribution in [0.2, 0.25) is 0 Å². The van der Waals surface area contributed by atoms with Crippen molar-refractivity contribution in [2.75, 3.05) is 0 Å². The Morgan fingerprint density at radius 3 is 2.15 bits per heavy atom. The number of Topliss-reactive ketones (excluding diaryl/α,β-unsaturated/α-hetero) is 1. The number of pyridine rings is 1. The zero-order valence-electron chi connectivity index (χ0n) is 12.2. The summed E-state index contributed by atoms with van der Waals surface area (Å²) < 4.78 is 0. The third kappa shape index (κ3) is 2.79. The van der Waals surface area contributed by atoms with Gasteiger partial charge in [-0.1, -0.05) is 44.2 Å². The Labute approximate surface area is 120 Å². The van der Waals surface area contributed by atoms with Gasteiger partial charge in [-0.25, -0.2) is 0 Å². The molecule has 0 atom stereocenters. The first-order valence-corrected chi connectivity index (χ1v) is 7.20. The molecule has 0 saturated carbocycles. The molecule has 1 heterocycles. The molecular weight excluding hydrogens is 246 g/mol. The molecule has 0 unspecified atom stereocenters. The maximum Gasteiger partial charge on any atom is 0.147 e. The smallest absolute Gasteiger partial charge is 0.147 e. The van der Waals surface area contributed by atoms with Crippen LogP contribution < -0.4 is 0 Å². The van der Waals surface area contributed by atoms with Crippen LogP contribution >= 0.6 is 0 Å². The van der Waals surface area contributed by atoms with Crippen LogP contribution in [0.25, 0.3) is 0 Å². The Bertz CT molecular complexity index is 544. The molecule has 0 fully saturated rings. The molecule has 104 valence electrons. The number of benzene rings is 1. The molecule has 0 radical (unpaired) electrons. The molecule has 2 heteroatoms. The minimum atomic E-state index is -0.371. The molecule has 0 bridgehead atoms. The van der Waals surface area contributed by atoms with Gasteiger partial charge in [0.1, 0.15) is 5.78 Å². The Morgan fingerprint density at radius 1 is 1.00 bits per heavy atom. The van der Waals surface area contributed by atoms with Crippen molar-refractivity contribution in [2.45, 2.75) is 38.5 Å². The lowest BCUT2D eigenvalue weighted by Gasteiger charge is -2.31. The lowest BCUT2D eigenvalue weighted by molar-refractivity contribution is -0.124. The second kappa shape index (κ2) is 6.47. The second-order valence-electron chi connectivity index (χ2n) is 5.11. The van der Waals surface area contributed by atoms with Gasteiger partial charge in [-0.15, -0.1) is 0 Å². The third-order valence-electron chi connectivity index (χ3n) is 4.18. The number of ketones is 1. The van der Waals surface area contributed by atoms with Gasteiger partial charge in [-0.2, -0.15) is 0 Å². The molecule has 2 aromatic rings. The number of carbonyl (C=O) groups excluding carboxylic acids is 1. The normalized spacial score (nSPS) is 11.3. The van der Waals surface area contributed by atoms with Gasteiger partial charge in [0.05, 0.1) is 5.41 Å². The van der Waals surface area contributed by atoms with Gasteiger partial charge in [0.25, 0.3) is 0 Å². The quantitative estimate of drug-likeness (QED) is 0.793. The van der Waals surface area contributed by atoms with Gasteiger partial charge in [0.2, 0.25) is 0 Å². The Kier molecular flexibility index (Phi) is 4.67. The highest BCUT2D eigenvalue weighted by Crippen LogP contribution is 2.33. The van der Waals surface area contributed by atoms with E-state index in [9.17, 15) is 4.79 Å². The summed E-state index contributed by atoms with van der Waals surface area (Å²) in [6, 6.07) is 14.0. The molecule has 0 N–H and O–H groups in total. The number of hydrogen-bond acceptors (Lipinski definition) is 2. The van der Waals surface area contributed by atoms with Crippen molar-refractivity contribution in [3.05, 3.63) is 66.0 Å². The summed E-state index contributed by atoms with van der Waals surface area (Å²) in [5, 5.41) is 0. The zero-order valence-corrected chi connectivity index (χ0v) is 12.2. The predicted octanol–water partition coefficient (Wildman–Crippen LogP) is 3.95. The molecule has 0 saturated heterocycles. The van der Waals surface area contributed by atoms with Crippen molar-refractivity contribution in [3.63, 3.8) is 0 Å². The van der Waals surface area contributed by atoms with E-state index in [1.807, 2.05) is 30.3 Å². The molecule has 0 aliphatic heterocycles. The van der Waals surface area contributed by atoms with Crippen molar-refractivity contribution in [2.24, 2.45) is 0 Å². The van der Waals surface area contributed by atoms with Crippen LogP contribution in [0.15, 0.2) is 54.9 Å². The highest BCUT2D eigenvalue weighted by atomic mass is 16.1. The first-order chi connectivity index (χ1) is 9.73. The van der Waals surface area contributed by atoms with Gasteiger partial charge in [-0.3, -0.25) is 9.78 Å². The van der Waals surface area contributed by atoms with E-state index < -0.39 is 0 Å². The number of nitrogens with zero attached hydrogens (tertiary/aromatic N) is 1. The van der Waals surface area contributed by atoms with Gasteiger partial charge in [0.15, 0.2) is 0 Å². The van der Waals surface area contributed by atoms with Crippen molar-refractivity contribution in [1.29, 1.82) is 0 Å². The van der Waals surface area contributed by atoms with Crippen LogP contribution in [-0.4, -0.2) is 10.8 Å². The van der Waals surface area contributed by atoms with Crippen LogP contribution in [0.1, 0.15) is 37.8 Å². The van der Waals surface area contributed by atoms with E-state index in [0.717, 1.165) is 24.0 Å². The summed E-state index contributed by atoms with van der Waals surface area (Å²) in [6.07, 6.45) is 5.61. The van der Waals surface area contributed by atoms with Gasteiger partial charge >= 0.3 is 0 Å². The zero-order chi connectivity index (χ0) is 14.4. The second-order valence-corrected chi connectivity index (χ2v) is 5.11. The van der Waals surface area contributed by atoms with Crippen LogP contribution in [0, 0.1) is 0 Å². The summed E-state index contributed by atoms with van der Waals surface area (Å²) in [5.74, 6) is 0.292. The molecule has 0 spiro atoms. The molecule has 20 heavy (non-hydrogen) atoms. The van der Waals surface area contributed by atoms with Gasteiger partial charge in [-0.05, 0) is 36.1 Å². The van der Waals surface area contributed by atoms with E-state index in [-0.39, 0.29) is 5.41 Å². The molecule has 2 nitrogen and oxygen atoms in total. The SMILES string of the molecule is CCC(CC)(C(=O)Cc1ccncc1)c1ccccc1. The Hall–Kier alpha value is -1.96. The van der Waals surface area contributed by atoms with Crippen LogP contribution in [0.4, 0.5) is 0 Å². The standard InChI is InChI=1S/C18H21NO/c1-3-18(4-2,16-8-6-5-7-9-16)17(20)14-15-10-12-19-13-11-15/h5-13H,3-4,14H2,1-2H3. The summed E-state index contributed by atoms with van der Waals surface area (Å²) >= 11 is 0. The molecule has 2 rings (SSSR count). The van der Waals surface area contributed by atoms with Crippen molar-refractivity contribution >= 4 is 5.78 Å². The van der Waals surface area contributed by atoms with Crippen molar-refractivity contribution < 1.29 is 4.79 Å². The van der Waals surface area contributed by atoms with Crippen LogP contribution in [0.3, 0.4) is 0 Å². The molecule has 1 aromatic carbocycles. The van der Waals surface area contributed by atoms with E-state index >= 15 is 0 Å². The van der Waals surface area contributed by atoms with Crippen molar-refractivity contribution in [1.82, 2.24) is 4.98 Å². The van der Waals surface area contributed by atoms with Gasteiger partial charge < -0.3 is 0 Å². The largest absolute Gasteiger partial charge is 0.298 e. The summed E-state index contributed by atoms with van der Waals surface area (Å²) in [7, 11) is 0. The van der Waals surface area contributed by atoms with E-state index in [0.29, 0.717) is 12.2 Å². The fraction of sp³-hybridized carbons (Fsp3) is 0.333. The summed E-state index contributed by atoms with van der Waals surface area (Å²) in [4.78, 5) is 16.9. The minimum absolute atomic E-state index is 0.292. The highest BCUT2D eigenvalue weighted by molar-refractivity contribution is 5.91. The fourth-order valence-electron chi connectivity index (χ4n) is 2.83. The minimum Gasteiger partial charge on any atom is -0.298 e. The van der Waals surface area contributed by atoms with E-state index in [1.54, 1.807) is 12.4 Å². The molecule has 0 aliphatic rings. The average molecular weight is 267 g/mol. The van der Waals surface area contributed by atoms with E-state index in [4.69, 9.17) is 0 Å². The third-order valence-corrected chi connectivity index (χ3v) is 4.18. The van der Waals surface area contributed by atoms with Crippen LogP contribution in [0.5, 0.6) is 0 Å². The number of hydrogen-bond donors (Lipinski definition) is 0. The predicted molar refractivity (Wildman–Crippen MR) is 81.7 cm³/mol. The summed E-state index contributed by atoms with van der Waals surface area (Å²) in [6.45, 7) is 4.20. The topological polar surface area (TPSA) is 30.0 Å². The van der Waals surface area contributed by atoms with Crippen molar-refractivity contribution in [3.8, 4) is 0 Å². The lowest BCUT2D eigenvalue weighted by atomic mass is 9.71. The highest BCUT2D eigenvalue weighted by Gasteiger charge is 2.35. The number of carbonyl (C=O) groups is 1. The van der Waals surface area contributed by atoms with Crippen LogP contribution in [-0.2, 0) is 16.6 Å². The fourth-order valence-corrected chi connectivity index (χ4v) is 2.83. The maximum absolute atomic E-state index is 12.9. The average Bonchev–Trinajstić information content (AvgIpc) is 2.51. The Morgan fingerprint density at radius 2 is 1.60 bits per heavy atom. The molecule has 1 aromatic heterocycles. The van der Waals surface area contributed by atoms with E-state index in [2.05, 4.69) is 31.0 Å². The van der Waals surface area contributed by atoms with E-state index in [1.165, 1.54) is 0 Å². The lowest BCUT2D eigenvalue weighted by Crippen LogP contribution is -2.36. The Balaban J connectivity index is 2.31. The monoisotopic (exact) mass is 267 g/mol.